The number of nitrogens with zero attached hydrogens (tertiary/aromatic N) is 6. The van der Waals surface area contributed by atoms with Crippen LogP contribution >= 0.6 is 11.6 Å². The maximum Gasteiger partial charge on any atom is 0.280 e. The Hall–Kier alpha value is -3.17. The van der Waals surface area contributed by atoms with Crippen LogP contribution in [-0.2, 0) is 4.74 Å². The Bertz CT molecular complexity index is 1240. The minimum Gasteiger partial charge on any atom is -0.394 e. The van der Waals surface area contributed by atoms with E-state index in [0.717, 1.165) is 0 Å². The minimum absolute atomic E-state index is 0.0388. The van der Waals surface area contributed by atoms with Gasteiger partial charge < -0.3 is 30.8 Å². The quantitative estimate of drug-likeness (QED) is 0.195. The maximum atomic E-state index is 11.7. The molecule has 0 aliphatic carbocycles. The zero-order valence-corrected chi connectivity index (χ0v) is 15.8. The van der Waals surface area contributed by atoms with Gasteiger partial charge in [0.15, 0.2) is 28.2 Å². The number of hydrogen-bond donors (Lipinski definition) is 6. The number of nitrogens with one attached hydrogen (secondary N) is 2. The van der Waals surface area contributed by atoms with Crippen molar-refractivity contribution >= 4 is 39.9 Å². The molecular weight excluding hydrogens is 422 g/mol. The van der Waals surface area contributed by atoms with Crippen LogP contribution in [0.4, 0.5) is 5.95 Å². The molecule has 0 unspecified atom stereocenters. The molecule has 15 heteroatoms. The van der Waals surface area contributed by atoms with Crippen molar-refractivity contribution in [3.8, 4) is 0 Å². The number of halogens is 1. The lowest BCUT2D eigenvalue weighted by atomic mass is 10.1. The molecule has 158 valence electrons. The Kier molecular flexibility index (Phi) is 5.31. The van der Waals surface area contributed by atoms with E-state index in [0.29, 0.717) is 16.3 Å². The number of imidazole rings is 2. The third kappa shape index (κ3) is 3.46. The van der Waals surface area contributed by atoms with Crippen LogP contribution < -0.4 is 11.3 Å². The Morgan fingerprint density at radius 3 is 2.73 bits per heavy atom. The SMILES string of the molecule is Clc1ncnc2nc[nH]c12.Nc1nc2c(ncn2[C@@H]2O[C@H](CO)[C@@H](O)[C@H]2O)c(=O)[nH]1. The Balaban J connectivity index is 0.000000181. The molecule has 1 aliphatic heterocycles. The standard InChI is InChI=1S/C10H13N5O5.C5H3ClN4/c11-10-13-7-4(8(19)14-10)12-2-15(7)9-6(18)5(17)3(1-16)20-9;6-4-3-5(9-1-7-3)10-2-8-4/h2-3,5-6,9,16-18H,1H2,(H3,11,13,14,19);1-2H,(H,7,8,9,10)/t3-,5-,6-,9-;/m1./s1. The predicted molar refractivity (Wildman–Crippen MR) is 102 cm³/mol. The molecule has 1 fully saturated rings. The lowest BCUT2D eigenvalue weighted by Crippen LogP contribution is -2.33. The predicted octanol–water partition coefficient (Wildman–Crippen LogP) is -1.68. The highest BCUT2D eigenvalue weighted by Gasteiger charge is 2.44. The lowest BCUT2D eigenvalue weighted by molar-refractivity contribution is -0.0511. The number of nitrogen functional groups attached to an aromatic ring is 1. The summed E-state index contributed by atoms with van der Waals surface area (Å²) in [5.74, 6) is -0.101. The second-order valence-electron chi connectivity index (χ2n) is 6.27. The van der Waals surface area contributed by atoms with Crippen molar-refractivity contribution in [2.45, 2.75) is 24.5 Å². The van der Waals surface area contributed by atoms with Crippen molar-refractivity contribution in [3.05, 3.63) is 34.5 Å². The first kappa shape index (κ1) is 20.1. The van der Waals surface area contributed by atoms with Gasteiger partial charge in [-0.05, 0) is 0 Å². The average molecular weight is 438 g/mol. The smallest absolute Gasteiger partial charge is 0.280 e. The summed E-state index contributed by atoms with van der Waals surface area (Å²) < 4.78 is 6.64. The highest BCUT2D eigenvalue weighted by atomic mass is 35.5. The number of aliphatic hydroxyl groups is 3. The first-order valence-electron chi connectivity index (χ1n) is 8.55. The topological polar surface area (TPSA) is 214 Å². The van der Waals surface area contributed by atoms with Gasteiger partial charge >= 0.3 is 0 Å². The first-order chi connectivity index (χ1) is 14.4. The largest absolute Gasteiger partial charge is 0.394 e. The normalized spacial score (nSPS) is 23.6. The first-order valence-corrected chi connectivity index (χ1v) is 8.93. The molecule has 7 N–H and O–H groups in total. The van der Waals surface area contributed by atoms with Crippen molar-refractivity contribution in [1.82, 2.24) is 39.5 Å². The summed E-state index contributed by atoms with van der Waals surface area (Å²) >= 11 is 5.68. The zero-order chi connectivity index (χ0) is 21.4. The molecule has 0 radical (unpaired) electrons. The molecule has 1 aliphatic rings. The molecule has 1 saturated heterocycles. The molecule has 0 aromatic carbocycles. The molecule has 0 bridgehead atoms. The number of aromatic nitrogens is 8. The monoisotopic (exact) mass is 437 g/mol. The second kappa shape index (κ2) is 7.92. The van der Waals surface area contributed by atoms with Crippen LogP contribution in [0.1, 0.15) is 6.23 Å². The Labute approximate surface area is 171 Å². The molecule has 0 spiro atoms. The molecular formula is C15H16ClN9O5. The van der Waals surface area contributed by atoms with Crippen LogP contribution in [0, 0.1) is 0 Å². The van der Waals surface area contributed by atoms with Gasteiger partial charge in [-0.15, -0.1) is 0 Å². The Morgan fingerprint density at radius 2 is 2.03 bits per heavy atom. The summed E-state index contributed by atoms with van der Waals surface area (Å²) in [4.78, 5) is 36.1. The van der Waals surface area contributed by atoms with E-state index in [2.05, 4.69) is 34.9 Å². The number of aliphatic hydroxyl groups excluding tert-OH is 3. The fourth-order valence-corrected chi connectivity index (χ4v) is 3.16. The summed E-state index contributed by atoms with van der Waals surface area (Å²) in [6, 6.07) is 0. The number of nitrogens with two attached hydrogens (primary N) is 1. The van der Waals surface area contributed by atoms with Gasteiger partial charge in [-0.1, -0.05) is 11.6 Å². The number of ether oxygens (including phenoxy) is 1. The molecule has 5 rings (SSSR count). The summed E-state index contributed by atoms with van der Waals surface area (Å²) in [5.41, 5.74) is 6.40. The van der Waals surface area contributed by atoms with Gasteiger partial charge in [0.25, 0.3) is 5.56 Å². The van der Waals surface area contributed by atoms with Gasteiger partial charge in [0.05, 0.1) is 19.3 Å². The third-order valence-corrected chi connectivity index (χ3v) is 4.71. The van der Waals surface area contributed by atoms with Gasteiger partial charge in [0.1, 0.15) is 30.2 Å². The van der Waals surface area contributed by atoms with E-state index >= 15 is 0 Å². The van der Waals surface area contributed by atoms with Crippen LogP contribution in [0.3, 0.4) is 0 Å². The van der Waals surface area contributed by atoms with Crippen molar-refractivity contribution < 1.29 is 20.1 Å². The van der Waals surface area contributed by atoms with E-state index in [1.807, 2.05) is 0 Å². The van der Waals surface area contributed by atoms with Crippen molar-refractivity contribution in [1.29, 1.82) is 0 Å². The van der Waals surface area contributed by atoms with Gasteiger partial charge in [0, 0.05) is 0 Å². The van der Waals surface area contributed by atoms with Gasteiger partial charge in [-0.3, -0.25) is 14.3 Å². The van der Waals surface area contributed by atoms with Crippen LogP contribution in [0.15, 0.2) is 23.8 Å². The Morgan fingerprint density at radius 1 is 1.23 bits per heavy atom. The third-order valence-electron chi connectivity index (χ3n) is 4.42. The average Bonchev–Trinajstić information content (AvgIpc) is 3.42. The highest BCUT2D eigenvalue weighted by molar-refractivity contribution is 6.33. The lowest BCUT2D eigenvalue weighted by Gasteiger charge is -2.16. The van der Waals surface area contributed by atoms with Crippen molar-refractivity contribution in [3.63, 3.8) is 0 Å². The highest BCUT2D eigenvalue weighted by Crippen LogP contribution is 2.30. The fourth-order valence-electron chi connectivity index (χ4n) is 2.97. The number of rotatable bonds is 2. The van der Waals surface area contributed by atoms with Crippen LogP contribution in [-0.4, -0.2) is 79.7 Å². The van der Waals surface area contributed by atoms with Crippen molar-refractivity contribution in [2.24, 2.45) is 0 Å². The van der Waals surface area contributed by atoms with Gasteiger partial charge in [-0.25, -0.2) is 19.9 Å². The number of anilines is 1. The van der Waals surface area contributed by atoms with Crippen molar-refractivity contribution in [2.75, 3.05) is 12.3 Å². The minimum atomic E-state index is -1.29. The maximum absolute atomic E-state index is 11.7. The molecule has 4 atom stereocenters. The van der Waals surface area contributed by atoms with E-state index in [1.54, 1.807) is 0 Å². The number of fused-ring (bicyclic) bond motifs is 2. The van der Waals surface area contributed by atoms with Gasteiger partial charge in [-0.2, -0.15) is 4.98 Å². The molecule has 4 aromatic heterocycles. The summed E-state index contributed by atoms with van der Waals surface area (Å²) in [6.45, 7) is -0.447. The zero-order valence-electron chi connectivity index (χ0n) is 15.0. The molecule has 5 heterocycles. The summed E-state index contributed by atoms with van der Waals surface area (Å²) in [6.07, 6.45) is -0.301. The number of H-pyrrole nitrogens is 2. The second-order valence-corrected chi connectivity index (χ2v) is 6.63. The summed E-state index contributed by atoms with van der Waals surface area (Å²) in [5, 5.41) is 29.1. The van der Waals surface area contributed by atoms with Crippen LogP contribution in [0.25, 0.3) is 22.3 Å². The van der Waals surface area contributed by atoms with E-state index in [1.165, 1.54) is 23.5 Å². The van der Waals surface area contributed by atoms with E-state index in [9.17, 15) is 15.0 Å². The van der Waals surface area contributed by atoms with E-state index in [-0.39, 0.29) is 17.1 Å². The molecule has 14 nitrogen and oxygen atoms in total. The fraction of sp³-hybridized carbons (Fsp3) is 0.333. The molecule has 0 saturated carbocycles. The number of hydrogen-bond acceptors (Lipinski definition) is 11. The molecule has 30 heavy (non-hydrogen) atoms. The van der Waals surface area contributed by atoms with Gasteiger partial charge in [0.2, 0.25) is 5.95 Å². The van der Waals surface area contributed by atoms with Crippen LogP contribution in [0.5, 0.6) is 0 Å². The number of aromatic amines is 2. The van der Waals surface area contributed by atoms with E-state index in [4.69, 9.17) is 27.2 Å². The molecule has 0 amide bonds. The van der Waals surface area contributed by atoms with Crippen LogP contribution in [0.2, 0.25) is 5.15 Å². The van der Waals surface area contributed by atoms with E-state index < -0.39 is 36.7 Å². The molecule has 4 aromatic rings. The summed E-state index contributed by atoms with van der Waals surface area (Å²) in [7, 11) is 0.